The van der Waals surface area contributed by atoms with E-state index in [9.17, 15) is 34.1 Å². The molecule has 7 rings (SSSR count). The number of aromatic nitrogens is 5. The lowest BCUT2D eigenvalue weighted by Gasteiger charge is -2.61. The summed E-state index contributed by atoms with van der Waals surface area (Å²) in [7, 11) is -5.04. The number of nitrogens with zero attached hydrogens (tertiary/aromatic N) is 8. The van der Waals surface area contributed by atoms with Crippen LogP contribution < -0.4 is 10.2 Å². The standard InChI is InChI=1S/C33H35FN9O6P/c1-18-24(6-7-27(34)38-18)30(26-16-42(41-40-26)33-10-20(11-33)12-33)43(31(44)48-17-49-50(45,46)47)23-8-21(13-35)28-25(9-23)29(22(14-36)15-37-28)39-19(2)32(3,4)5/h6-9,15-16,19-20,30H,10-12,17H2,1-5H3,(H,37,39)(H2,45,46,47)/t19-,20?,30?,33?/m1/s1. The molecule has 3 aliphatic carbocycles. The van der Waals surface area contributed by atoms with E-state index in [4.69, 9.17) is 4.74 Å². The monoisotopic (exact) mass is 703 g/mol. The third kappa shape index (κ3) is 6.51. The molecule has 15 nitrogen and oxygen atoms in total. The molecule has 260 valence electrons. The van der Waals surface area contributed by atoms with E-state index in [0.717, 1.165) is 30.2 Å². The van der Waals surface area contributed by atoms with Crippen LogP contribution in [-0.4, -0.2) is 53.7 Å². The lowest BCUT2D eigenvalue weighted by atomic mass is 9.50. The maximum atomic E-state index is 14.4. The van der Waals surface area contributed by atoms with Crippen molar-refractivity contribution in [2.45, 2.75) is 71.5 Å². The highest BCUT2D eigenvalue weighted by molar-refractivity contribution is 7.46. The van der Waals surface area contributed by atoms with Crippen molar-refractivity contribution in [3.63, 3.8) is 0 Å². The van der Waals surface area contributed by atoms with Gasteiger partial charge in [-0.25, -0.2) is 23.5 Å². The van der Waals surface area contributed by atoms with Gasteiger partial charge < -0.3 is 19.8 Å². The van der Waals surface area contributed by atoms with Crippen molar-refractivity contribution < 1.29 is 32.8 Å². The van der Waals surface area contributed by atoms with Crippen LogP contribution in [0.4, 0.5) is 20.6 Å². The number of hydrogen-bond acceptors (Lipinski definition) is 11. The van der Waals surface area contributed by atoms with Gasteiger partial charge in [-0.3, -0.25) is 9.88 Å². The van der Waals surface area contributed by atoms with Crippen LogP contribution in [0.15, 0.2) is 36.7 Å². The van der Waals surface area contributed by atoms with Gasteiger partial charge >= 0.3 is 13.9 Å². The van der Waals surface area contributed by atoms with Gasteiger partial charge in [0.05, 0.1) is 39.8 Å². The zero-order valence-electron chi connectivity index (χ0n) is 28.0. The molecular weight excluding hydrogens is 668 g/mol. The summed E-state index contributed by atoms with van der Waals surface area (Å²) in [6.45, 7) is 8.44. The van der Waals surface area contributed by atoms with E-state index in [1.807, 2.05) is 27.7 Å². The molecule has 3 heterocycles. The van der Waals surface area contributed by atoms with Gasteiger partial charge in [-0.1, -0.05) is 32.1 Å². The summed E-state index contributed by atoms with van der Waals surface area (Å²) in [5.74, 6) is -0.136. The average molecular weight is 704 g/mol. The normalized spacial score (nSPS) is 19.4. The van der Waals surface area contributed by atoms with Gasteiger partial charge in [0, 0.05) is 28.9 Å². The van der Waals surface area contributed by atoms with Crippen molar-refractivity contribution in [2.24, 2.45) is 11.3 Å². The van der Waals surface area contributed by atoms with Crippen molar-refractivity contribution in [1.82, 2.24) is 25.0 Å². The van der Waals surface area contributed by atoms with Gasteiger partial charge in [-0.05, 0) is 62.6 Å². The average Bonchev–Trinajstić information content (AvgIpc) is 3.46. The van der Waals surface area contributed by atoms with Gasteiger partial charge in [-0.2, -0.15) is 14.9 Å². The molecule has 2 atom stereocenters. The number of halogens is 1. The summed E-state index contributed by atoms with van der Waals surface area (Å²) >= 11 is 0. The van der Waals surface area contributed by atoms with E-state index in [-0.39, 0.29) is 50.7 Å². The minimum atomic E-state index is -5.04. The van der Waals surface area contributed by atoms with Crippen LogP contribution in [0.3, 0.4) is 0 Å². The van der Waals surface area contributed by atoms with Crippen molar-refractivity contribution in [3.8, 4) is 12.1 Å². The molecule has 1 aromatic carbocycles. The molecule has 1 amide bonds. The van der Waals surface area contributed by atoms with Gasteiger partial charge in [-0.15, -0.1) is 5.10 Å². The first-order valence-electron chi connectivity index (χ1n) is 15.8. The van der Waals surface area contributed by atoms with Gasteiger partial charge in [0.15, 0.2) is 0 Å². The minimum absolute atomic E-state index is 0.0444. The van der Waals surface area contributed by atoms with Crippen LogP contribution >= 0.6 is 7.82 Å². The molecule has 3 fully saturated rings. The van der Waals surface area contributed by atoms with E-state index < -0.39 is 32.7 Å². The Kier molecular flexibility index (Phi) is 8.87. The zero-order chi connectivity index (χ0) is 36.2. The number of benzene rings is 1. The van der Waals surface area contributed by atoms with E-state index in [1.165, 1.54) is 18.3 Å². The molecule has 0 spiro atoms. The minimum Gasteiger partial charge on any atom is -0.421 e. The number of phosphoric acid groups is 1. The molecule has 0 saturated heterocycles. The highest BCUT2D eigenvalue weighted by Gasteiger charge is 2.59. The van der Waals surface area contributed by atoms with Crippen molar-refractivity contribution in [1.29, 1.82) is 10.5 Å². The van der Waals surface area contributed by atoms with Crippen LogP contribution in [0.2, 0.25) is 0 Å². The fourth-order valence-electron chi connectivity index (χ4n) is 6.37. The highest BCUT2D eigenvalue weighted by Crippen LogP contribution is 2.62. The Morgan fingerprint density at radius 2 is 1.92 bits per heavy atom. The number of carbonyl (C=O) groups excluding carboxylic acids is 1. The Morgan fingerprint density at radius 1 is 1.22 bits per heavy atom. The van der Waals surface area contributed by atoms with Gasteiger partial charge in [0.25, 0.3) is 0 Å². The number of hydrogen-bond donors (Lipinski definition) is 3. The number of phosphoric ester groups is 1. The van der Waals surface area contributed by atoms with Crippen molar-refractivity contribution in [3.05, 3.63) is 70.7 Å². The first-order valence-corrected chi connectivity index (χ1v) is 17.3. The molecule has 0 radical (unpaired) electrons. The number of carbonyl (C=O) groups is 1. The second-order valence-corrected chi connectivity index (χ2v) is 15.2. The molecule has 4 aromatic rings. The number of fused-ring (bicyclic) bond motifs is 1. The van der Waals surface area contributed by atoms with Crippen LogP contribution in [-0.2, 0) is 19.4 Å². The molecular formula is C33H35FN9O6P. The number of rotatable bonds is 10. The van der Waals surface area contributed by atoms with Gasteiger partial charge in [0.2, 0.25) is 12.7 Å². The largest absolute Gasteiger partial charge is 0.472 e. The number of ether oxygens (including phenoxy) is 1. The third-order valence-corrected chi connectivity index (χ3v) is 10.1. The fourth-order valence-corrected chi connectivity index (χ4v) is 6.56. The van der Waals surface area contributed by atoms with Crippen LogP contribution in [0.25, 0.3) is 10.9 Å². The quantitative estimate of drug-likeness (QED) is 0.105. The highest BCUT2D eigenvalue weighted by atomic mass is 31.2. The molecule has 2 bridgehead atoms. The van der Waals surface area contributed by atoms with Crippen molar-refractivity contribution >= 4 is 36.2 Å². The third-order valence-electron chi connectivity index (χ3n) is 9.66. The number of nitrogens with one attached hydrogen (secondary N) is 1. The predicted molar refractivity (Wildman–Crippen MR) is 177 cm³/mol. The first-order chi connectivity index (χ1) is 23.5. The Bertz CT molecular complexity index is 2120. The van der Waals surface area contributed by atoms with Crippen molar-refractivity contribution in [2.75, 3.05) is 17.0 Å². The lowest BCUT2D eigenvalue weighted by Crippen LogP contribution is -2.59. The van der Waals surface area contributed by atoms with E-state index >= 15 is 0 Å². The Hall–Kier alpha value is -4.99. The van der Waals surface area contributed by atoms with E-state index in [1.54, 1.807) is 23.9 Å². The fraction of sp³-hybridized carbons (Fsp3) is 0.424. The Balaban J connectivity index is 1.58. The van der Waals surface area contributed by atoms with E-state index in [0.29, 0.717) is 22.6 Å². The number of pyridine rings is 2. The first kappa shape index (κ1) is 34.9. The second kappa shape index (κ2) is 12.7. The molecule has 3 aromatic heterocycles. The smallest absolute Gasteiger partial charge is 0.421 e. The second-order valence-electron chi connectivity index (χ2n) is 13.9. The summed E-state index contributed by atoms with van der Waals surface area (Å²) in [5.41, 5.74) is 1.27. The molecule has 3 aliphatic rings. The van der Waals surface area contributed by atoms with Gasteiger partial charge in [0.1, 0.15) is 23.9 Å². The number of amides is 1. The number of nitriles is 2. The predicted octanol–water partition coefficient (Wildman–Crippen LogP) is 5.57. The Labute approximate surface area is 286 Å². The van der Waals surface area contributed by atoms with E-state index in [2.05, 4.69) is 42.3 Å². The van der Waals surface area contributed by atoms with Crippen LogP contribution in [0.1, 0.15) is 81.1 Å². The topological polar surface area (TPSA) is 212 Å². The maximum absolute atomic E-state index is 14.4. The Morgan fingerprint density at radius 3 is 2.50 bits per heavy atom. The van der Waals surface area contributed by atoms with Crippen LogP contribution in [0, 0.1) is 46.9 Å². The molecule has 3 saturated carbocycles. The molecule has 50 heavy (non-hydrogen) atoms. The summed E-state index contributed by atoms with van der Waals surface area (Å²) in [6.07, 6.45) is 4.74. The molecule has 0 aliphatic heterocycles. The lowest BCUT2D eigenvalue weighted by molar-refractivity contribution is -0.0989. The summed E-state index contributed by atoms with van der Waals surface area (Å²) in [6, 6.07) is 8.41. The zero-order valence-corrected chi connectivity index (χ0v) is 28.8. The molecule has 17 heteroatoms. The summed E-state index contributed by atoms with van der Waals surface area (Å²) in [5, 5.41) is 33.0. The molecule has 3 N–H and O–H groups in total. The number of anilines is 2. The molecule has 1 unspecified atom stereocenters. The number of aryl methyl sites for hydroxylation is 1. The SMILES string of the molecule is Cc1nc(F)ccc1C(c1cn(C23CC(C2)C3)nn1)N(C(=O)OCOP(=O)(O)O)c1cc(C#N)c2ncc(C#N)c(N[C@H](C)C(C)(C)C)c2c1. The summed E-state index contributed by atoms with van der Waals surface area (Å²) < 4.78 is 37.3. The summed E-state index contributed by atoms with van der Waals surface area (Å²) in [4.78, 5) is 42.2. The maximum Gasteiger partial charge on any atom is 0.472 e. The van der Waals surface area contributed by atoms with Crippen LogP contribution in [0.5, 0.6) is 0 Å².